The Labute approximate surface area is 261 Å². The number of nitriles is 1. The lowest BCUT2D eigenvalue weighted by Gasteiger charge is -2.59. The van der Waals surface area contributed by atoms with Crippen molar-refractivity contribution in [1.82, 2.24) is 10.2 Å². The number of hydrogen-bond acceptors (Lipinski definition) is 6. The van der Waals surface area contributed by atoms with Gasteiger partial charge in [-0.1, -0.05) is 80.4 Å². The summed E-state index contributed by atoms with van der Waals surface area (Å²) in [6, 6.07) is 2.17. The first kappa shape index (κ1) is 34.9. The molecule has 1 fully saturated rings. The first-order valence-electron chi connectivity index (χ1n) is 16.5. The third-order valence-corrected chi connectivity index (χ3v) is 11.8. The van der Waals surface area contributed by atoms with Gasteiger partial charge >= 0.3 is 0 Å². The normalized spacial score (nSPS) is 28.7. The van der Waals surface area contributed by atoms with Crippen LogP contribution in [0.15, 0.2) is 27.7 Å². The minimum Gasteiger partial charge on any atom is -0.426 e. The van der Waals surface area contributed by atoms with E-state index < -0.39 is 5.41 Å². The molecular weight excluding hydrogens is 534 g/mol. The topological polar surface area (TPSA) is 96.8 Å². The quantitative estimate of drug-likeness (QED) is 0.212. The van der Waals surface area contributed by atoms with E-state index in [0.29, 0.717) is 17.2 Å². The highest BCUT2D eigenvalue weighted by molar-refractivity contribution is 6.02. The number of fused-ring (bicyclic) bond motifs is 1. The van der Waals surface area contributed by atoms with Crippen LogP contribution < -0.4 is 0 Å². The summed E-state index contributed by atoms with van der Waals surface area (Å²) < 4.78 is 5.75. The molecule has 1 aromatic rings. The summed E-state index contributed by atoms with van der Waals surface area (Å²) in [6.07, 6.45) is 14.0. The molecule has 3 rings (SSSR count). The van der Waals surface area contributed by atoms with E-state index in [0.717, 1.165) is 50.5 Å². The third-order valence-electron chi connectivity index (χ3n) is 11.8. The van der Waals surface area contributed by atoms with E-state index in [4.69, 9.17) is 4.42 Å². The molecule has 0 spiro atoms. The fraction of sp³-hybridized carbons (Fsp3) is 0.757. The molecule has 0 aromatic carbocycles. The van der Waals surface area contributed by atoms with Gasteiger partial charge in [0.1, 0.15) is 6.07 Å². The Balaban J connectivity index is 1.95. The fourth-order valence-electron chi connectivity index (χ4n) is 8.29. The molecule has 2 aliphatic rings. The highest BCUT2D eigenvalue weighted by Gasteiger charge is 2.58. The molecule has 0 bridgehead atoms. The van der Waals surface area contributed by atoms with E-state index in [1.165, 1.54) is 19.3 Å². The van der Waals surface area contributed by atoms with Crippen molar-refractivity contribution >= 4 is 11.6 Å². The van der Waals surface area contributed by atoms with Crippen molar-refractivity contribution in [1.29, 1.82) is 5.26 Å². The summed E-state index contributed by atoms with van der Waals surface area (Å²) in [7, 11) is 0. The Kier molecular flexibility index (Phi) is 10.4. The van der Waals surface area contributed by atoms with Crippen molar-refractivity contribution < 1.29 is 14.0 Å². The van der Waals surface area contributed by atoms with E-state index in [1.54, 1.807) is 6.92 Å². The zero-order chi connectivity index (χ0) is 32.4. The number of aromatic nitrogens is 2. The van der Waals surface area contributed by atoms with Crippen LogP contribution in [0.4, 0.5) is 0 Å². The highest BCUT2D eigenvalue weighted by Crippen LogP contribution is 2.65. The minimum absolute atomic E-state index is 0.0215. The minimum atomic E-state index is -0.516. The van der Waals surface area contributed by atoms with Gasteiger partial charge in [0.15, 0.2) is 11.6 Å². The summed E-state index contributed by atoms with van der Waals surface area (Å²) in [4.78, 5) is 25.8. The van der Waals surface area contributed by atoms with Crippen molar-refractivity contribution in [2.24, 2.45) is 38.9 Å². The van der Waals surface area contributed by atoms with Crippen LogP contribution in [-0.4, -0.2) is 21.8 Å². The molecule has 0 radical (unpaired) electrons. The smallest absolute Gasteiger partial charge is 0.216 e. The van der Waals surface area contributed by atoms with Crippen molar-refractivity contribution in [3.63, 3.8) is 0 Å². The summed E-state index contributed by atoms with van der Waals surface area (Å²) in [5, 5.41) is 18.2. The van der Waals surface area contributed by atoms with Crippen LogP contribution in [0.1, 0.15) is 139 Å². The average molecular weight is 592 g/mol. The van der Waals surface area contributed by atoms with Crippen molar-refractivity contribution in [2.75, 3.05) is 0 Å². The molecule has 43 heavy (non-hydrogen) atoms. The monoisotopic (exact) mass is 591 g/mol. The first-order valence-corrected chi connectivity index (χ1v) is 16.5. The molecule has 0 amide bonds. The summed E-state index contributed by atoms with van der Waals surface area (Å²) >= 11 is 0. The third kappa shape index (κ3) is 7.40. The largest absolute Gasteiger partial charge is 0.426 e. The van der Waals surface area contributed by atoms with Crippen LogP contribution in [0.2, 0.25) is 0 Å². The van der Waals surface area contributed by atoms with Crippen LogP contribution in [0.3, 0.4) is 0 Å². The number of aryl methyl sites for hydroxylation is 2. The molecule has 238 valence electrons. The van der Waals surface area contributed by atoms with Gasteiger partial charge in [-0.2, -0.15) is 5.26 Å². The van der Waals surface area contributed by atoms with Crippen molar-refractivity contribution in [3.05, 3.63) is 35.1 Å². The number of carbonyl (C=O) groups excluding carboxylic acids is 2. The molecule has 1 aromatic heterocycles. The van der Waals surface area contributed by atoms with Gasteiger partial charge in [-0.15, -0.1) is 10.2 Å². The maximum Gasteiger partial charge on any atom is 0.216 e. The molecule has 0 unspecified atom stereocenters. The van der Waals surface area contributed by atoms with E-state index in [-0.39, 0.29) is 45.2 Å². The first-order chi connectivity index (χ1) is 19.8. The Bertz CT molecular complexity index is 1290. The van der Waals surface area contributed by atoms with Crippen LogP contribution >= 0.6 is 0 Å². The average Bonchev–Trinajstić information content (AvgIpc) is 3.34. The number of hydrogen-bond donors (Lipinski definition) is 0. The zero-order valence-electron chi connectivity index (χ0n) is 28.9. The molecule has 6 nitrogen and oxygen atoms in total. The van der Waals surface area contributed by atoms with E-state index in [2.05, 4.69) is 71.7 Å². The zero-order valence-corrected chi connectivity index (χ0v) is 28.9. The van der Waals surface area contributed by atoms with Crippen LogP contribution in [0.5, 0.6) is 0 Å². The lowest BCUT2D eigenvalue weighted by Crippen LogP contribution is -2.52. The van der Waals surface area contributed by atoms with Gasteiger partial charge in [0, 0.05) is 24.7 Å². The summed E-state index contributed by atoms with van der Waals surface area (Å²) in [5.41, 5.74) is 0.795. The molecule has 0 aliphatic heterocycles. The van der Waals surface area contributed by atoms with Crippen molar-refractivity contribution in [2.45, 2.75) is 140 Å². The Morgan fingerprint density at radius 3 is 2.30 bits per heavy atom. The predicted molar refractivity (Wildman–Crippen MR) is 172 cm³/mol. The SMILES string of the molecule is CCCC(C)(C)CC[C@](C)(CCc1nnc(C)o1)CCC(C)(C)[C@]1(C)CC[C@H]2[C@H](C)C(=O)C(C#N)=C[C@]2(C)/C1=C/C(C)=O. The lowest BCUT2D eigenvalue weighted by atomic mass is 9.44. The molecular formula is C37H57N3O3. The van der Waals surface area contributed by atoms with Gasteiger partial charge in [-0.05, 0) is 91.9 Å². The van der Waals surface area contributed by atoms with E-state index >= 15 is 0 Å². The number of carbonyl (C=O) groups is 2. The molecule has 6 heteroatoms. The number of allylic oxidation sites excluding steroid dienone is 4. The Morgan fingerprint density at radius 2 is 1.74 bits per heavy atom. The second-order valence-corrected chi connectivity index (χ2v) is 16.1. The second-order valence-electron chi connectivity index (χ2n) is 16.1. The van der Waals surface area contributed by atoms with Crippen LogP contribution in [-0.2, 0) is 16.0 Å². The molecule has 1 saturated carbocycles. The Morgan fingerprint density at radius 1 is 1.09 bits per heavy atom. The lowest BCUT2D eigenvalue weighted by molar-refractivity contribution is -0.123. The van der Waals surface area contributed by atoms with Crippen LogP contribution in [0, 0.1) is 57.2 Å². The van der Waals surface area contributed by atoms with Crippen molar-refractivity contribution in [3.8, 4) is 6.07 Å². The molecule has 0 N–H and O–H groups in total. The maximum atomic E-state index is 13.0. The molecule has 2 aliphatic carbocycles. The van der Waals surface area contributed by atoms with Crippen LogP contribution in [0.25, 0.3) is 0 Å². The van der Waals surface area contributed by atoms with Gasteiger partial charge in [0.25, 0.3) is 0 Å². The predicted octanol–water partition coefficient (Wildman–Crippen LogP) is 9.34. The number of nitrogens with zero attached hydrogens (tertiary/aromatic N) is 3. The van der Waals surface area contributed by atoms with E-state index in [9.17, 15) is 14.9 Å². The van der Waals surface area contributed by atoms with Gasteiger partial charge in [-0.25, -0.2) is 0 Å². The summed E-state index contributed by atoms with van der Waals surface area (Å²) in [6.45, 7) is 24.1. The molecule has 0 saturated heterocycles. The van der Waals surface area contributed by atoms with Gasteiger partial charge in [0.05, 0.1) is 5.57 Å². The number of ketones is 2. The van der Waals surface area contributed by atoms with E-state index in [1.807, 2.05) is 26.0 Å². The molecule has 5 atom stereocenters. The van der Waals surface area contributed by atoms with Gasteiger partial charge in [-0.3, -0.25) is 9.59 Å². The summed E-state index contributed by atoms with van der Waals surface area (Å²) in [5.74, 6) is 1.12. The van der Waals surface area contributed by atoms with Gasteiger partial charge < -0.3 is 4.42 Å². The number of rotatable bonds is 13. The fourth-order valence-corrected chi connectivity index (χ4v) is 8.29. The standard InChI is InChI=1S/C37H57N3O3/c1-12-15-33(5,6)18-20-35(9,16-14-31-40-39-27(4)43-31)21-19-34(7,8)37(11)17-13-29-26(3)32(42)28(24-38)23-36(29,10)30(37)22-25(2)41/h22-23,26,29H,12-21H2,1-11H3/b30-22-/t26-,29-,35-,36-,37+/m0/s1. The maximum absolute atomic E-state index is 13.0. The molecule has 1 heterocycles. The highest BCUT2D eigenvalue weighted by atomic mass is 16.4. The Hall–Kier alpha value is -2.55. The second kappa shape index (κ2) is 12.8. The van der Waals surface area contributed by atoms with Gasteiger partial charge in [0.2, 0.25) is 11.8 Å². The number of Topliss-reactive ketones (excluding diaryl/α,β-unsaturated/α-hetero) is 1.